The zero-order valence-electron chi connectivity index (χ0n) is 51.0. The third kappa shape index (κ3) is 24.8. The zero-order valence-corrected chi connectivity index (χ0v) is 60.0. The summed E-state index contributed by atoms with van der Waals surface area (Å²) in [6.07, 6.45) is 2.57. The van der Waals surface area contributed by atoms with Gasteiger partial charge in [0.05, 0.1) is 60.5 Å². The number of carbonyl (C=O) groups excluding carboxylic acids is 3. The molecule has 86 heavy (non-hydrogen) atoms. The summed E-state index contributed by atoms with van der Waals surface area (Å²) in [4.78, 5) is 35.0. The van der Waals surface area contributed by atoms with Gasteiger partial charge in [0.15, 0.2) is 0 Å². The van der Waals surface area contributed by atoms with Crippen molar-refractivity contribution in [3.8, 4) is 23.0 Å². The van der Waals surface area contributed by atoms with E-state index in [9.17, 15) is 19.5 Å². The van der Waals surface area contributed by atoms with Crippen LogP contribution < -0.4 is 35.9 Å². The Morgan fingerprint density at radius 1 is 0.500 bits per heavy atom. The second-order valence-corrected chi connectivity index (χ2v) is 28.4. The molecule has 0 spiro atoms. The van der Waals surface area contributed by atoms with E-state index in [0.29, 0.717) is 109 Å². The van der Waals surface area contributed by atoms with Crippen LogP contribution in [0.4, 0.5) is 14.4 Å². The fourth-order valence-electron chi connectivity index (χ4n) is 9.26. The molecule has 4 aliphatic carbocycles. The minimum Gasteiger partial charge on any atom is -0.508 e. The minimum atomic E-state index is -0.512. The Bertz CT molecular complexity index is 2890. The summed E-state index contributed by atoms with van der Waals surface area (Å²) in [5, 5.41) is 22.4. The van der Waals surface area contributed by atoms with Gasteiger partial charge >= 0.3 is 18.3 Å². The Morgan fingerprint density at radius 2 is 0.767 bits per heavy atom. The number of nitrogens with one attached hydrogen (secondary N) is 3. The molecule has 0 radical (unpaired) electrons. The molecule has 8 unspecified atom stereocenters. The third-order valence-corrected chi connectivity index (χ3v) is 16.7. The van der Waals surface area contributed by atoms with Gasteiger partial charge in [-0.25, -0.2) is 14.4 Å². The lowest BCUT2D eigenvalue weighted by Gasteiger charge is -2.19. The first-order valence-corrected chi connectivity index (χ1v) is 32.9. The van der Waals surface area contributed by atoms with Gasteiger partial charge in [0.25, 0.3) is 0 Å². The molecular formula is C62H84Cl9IN4O10. The first-order valence-electron chi connectivity index (χ1n) is 28.3. The van der Waals surface area contributed by atoms with Crippen LogP contribution in [0, 0.1) is 23.7 Å². The van der Waals surface area contributed by atoms with Crippen molar-refractivity contribution in [1.29, 1.82) is 0 Å². The highest BCUT2D eigenvalue weighted by Crippen LogP contribution is 2.57. The maximum Gasteiger partial charge on any atom is 0.407 e. The number of phenols is 1. The number of aromatic hydroxyl groups is 1. The molecule has 8 atom stereocenters. The number of ether oxygens (including phenoxy) is 6. The van der Waals surface area contributed by atoms with E-state index in [-0.39, 0.29) is 41.8 Å². The number of benzene rings is 4. The van der Waals surface area contributed by atoms with Crippen LogP contribution in [-0.4, -0.2) is 91.1 Å². The number of halogens is 10. The summed E-state index contributed by atoms with van der Waals surface area (Å²) in [6.45, 7) is 26.0. The summed E-state index contributed by atoms with van der Waals surface area (Å²) in [5.41, 5.74) is 7.72. The van der Waals surface area contributed by atoms with Crippen LogP contribution in [0.3, 0.4) is 0 Å². The number of carbonyl (C=O) groups is 3. The van der Waals surface area contributed by atoms with Gasteiger partial charge < -0.3 is 55.2 Å². The normalized spacial score (nSPS) is 20.3. The number of amides is 3. The Kier molecular flexibility index (Phi) is 31.6. The SMILES string of the molecule is CC(C)(C)OC(=O)NCC1CC1c1c(O)ccc(Cl)c1Cl.CCI.CCOc1ccc(Cl)c(Cl)c1C1CC1CN.CCOc1ccc(Cl)c(Cl)c1C1CC1CNC(=O)OC(C)(C)C.COc1ccc(Cl)c(Cl)c1C1CC1CNC(=O)OC(C)(C)C.Cl. The molecule has 482 valence electrons. The van der Waals surface area contributed by atoms with Crippen molar-refractivity contribution >= 4 is 146 Å². The van der Waals surface area contributed by atoms with Gasteiger partial charge in [-0.2, -0.15) is 0 Å². The summed E-state index contributed by atoms with van der Waals surface area (Å²) < 4.78 is 33.5. The molecule has 4 fully saturated rings. The Labute approximate surface area is 568 Å². The summed E-state index contributed by atoms with van der Waals surface area (Å²) in [6, 6.07) is 13.9. The van der Waals surface area contributed by atoms with Crippen molar-refractivity contribution in [3.63, 3.8) is 0 Å². The molecule has 4 saturated carbocycles. The van der Waals surface area contributed by atoms with Gasteiger partial charge in [0, 0.05) is 41.9 Å². The standard InChI is InChI=1S/C17H23Cl2NO3.C16H21Cl2NO3.C15H19Cl2NO3.C12H15Cl2NO.C2H5I.ClH/c1-5-22-13-7-6-12(18)15(19)14(13)11-8-10(11)9-20-16(21)23-17(2,3)4;1-16(2,3)22-15(20)19-8-9-7-10(9)13-12(21-4)6-5-11(17)14(13)18;1-15(2,3)21-14(20)18-7-8-6-9(8)12-11(19)5-4-10(16)13(12)17;1-2-16-10-4-3-9(13)12(14)11(10)8-5-7(8)6-15;1-2-3;/h6-7,10-11H,5,8-9H2,1-4H3,(H,20,21);5-6,9-10H,7-8H2,1-4H3,(H,19,20);4-5,8-9,19H,6-7H2,1-3H3,(H,18,20);3-4,7-8H,2,5-6,15H2,1H3;2H2,1H3;1H. The zero-order chi connectivity index (χ0) is 63.9. The summed E-state index contributed by atoms with van der Waals surface area (Å²) in [5.74, 6) is 4.92. The molecule has 24 heteroatoms. The second kappa shape index (κ2) is 35.1. The van der Waals surface area contributed by atoms with E-state index in [1.807, 2.05) is 94.4 Å². The predicted molar refractivity (Wildman–Crippen MR) is 363 cm³/mol. The molecular weight excluding hydrogens is 1410 g/mol. The lowest BCUT2D eigenvalue weighted by Crippen LogP contribution is -2.33. The van der Waals surface area contributed by atoms with Gasteiger partial charge in [0.2, 0.25) is 0 Å². The molecule has 6 N–H and O–H groups in total. The van der Waals surface area contributed by atoms with E-state index in [4.69, 9.17) is 127 Å². The van der Waals surface area contributed by atoms with Crippen LogP contribution >= 0.6 is 128 Å². The van der Waals surface area contributed by atoms with Crippen LogP contribution in [-0.2, 0) is 14.2 Å². The Hall–Kier alpha value is -2.81. The third-order valence-electron chi connectivity index (χ3n) is 13.4. The average molecular weight is 1490 g/mol. The predicted octanol–water partition coefficient (Wildman–Crippen LogP) is 19.3. The maximum absolute atomic E-state index is 11.7. The van der Waals surface area contributed by atoms with E-state index in [2.05, 4.69) is 45.5 Å². The molecule has 0 bridgehead atoms. The molecule has 8 rings (SSSR count). The number of hydrogen-bond donors (Lipinski definition) is 5. The van der Waals surface area contributed by atoms with Gasteiger partial charge in [-0.15, -0.1) is 12.4 Å². The number of hydrogen-bond acceptors (Lipinski definition) is 11. The topological polar surface area (TPSA) is 189 Å². The van der Waals surface area contributed by atoms with Gasteiger partial charge in [-0.1, -0.05) is 122 Å². The minimum absolute atomic E-state index is 0. The molecule has 0 saturated heterocycles. The van der Waals surface area contributed by atoms with Gasteiger partial charge in [0.1, 0.15) is 39.8 Å². The van der Waals surface area contributed by atoms with Gasteiger partial charge in [-0.05, 0) is 209 Å². The summed E-state index contributed by atoms with van der Waals surface area (Å²) >= 11 is 51.6. The fraction of sp³-hybridized carbons (Fsp3) is 0.565. The maximum atomic E-state index is 11.7. The molecule has 4 aromatic rings. The monoisotopic (exact) mass is 1490 g/mol. The van der Waals surface area contributed by atoms with E-state index in [1.165, 1.54) is 4.43 Å². The number of phenolic OH excluding ortho intramolecular Hbond substituents is 1. The summed E-state index contributed by atoms with van der Waals surface area (Å²) in [7, 11) is 1.61. The van der Waals surface area contributed by atoms with Crippen LogP contribution in [0.15, 0.2) is 48.5 Å². The lowest BCUT2D eigenvalue weighted by molar-refractivity contribution is 0.0513. The molecule has 4 aromatic carbocycles. The van der Waals surface area contributed by atoms with Crippen LogP contribution in [0.5, 0.6) is 23.0 Å². The van der Waals surface area contributed by atoms with Crippen molar-refractivity contribution in [3.05, 3.63) is 111 Å². The molecule has 0 heterocycles. The fourth-order valence-corrected chi connectivity index (χ4v) is 11.1. The van der Waals surface area contributed by atoms with Crippen molar-refractivity contribution in [2.75, 3.05) is 50.9 Å². The number of methoxy groups -OCH3 is 1. The largest absolute Gasteiger partial charge is 0.508 e. The van der Waals surface area contributed by atoms with E-state index >= 15 is 0 Å². The highest BCUT2D eigenvalue weighted by Gasteiger charge is 2.45. The number of nitrogens with two attached hydrogens (primary N) is 1. The number of alkyl halides is 1. The molecule has 3 amide bonds. The highest BCUT2D eigenvalue weighted by atomic mass is 127. The van der Waals surface area contributed by atoms with Crippen molar-refractivity contribution < 1.29 is 47.9 Å². The average Bonchev–Trinajstić information content (AvgIpc) is 3.98. The van der Waals surface area contributed by atoms with Crippen molar-refractivity contribution in [1.82, 2.24) is 16.0 Å². The van der Waals surface area contributed by atoms with E-state index in [1.54, 1.807) is 37.4 Å². The van der Waals surface area contributed by atoms with Crippen LogP contribution in [0.1, 0.15) is 155 Å². The molecule has 0 aliphatic heterocycles. The first kappa shape index (κ1) is 77.4. The molecule has 14 nitrogen and oxygen atoms in total. The smallest absolute Gasteiger partial charge is 0.407 e. The first-order chi connectivity index (χ1) is 39.7. The van der Waals surface area contributed by atoms with E-state index in [0.717, 1.165) is 59.6 Å². The lowest BCUT2D eigenvalue weighted by atomic mass is 10.1. The quantitative estimate of drug-likeness (QED) is 0.0408. The Balaban J connectivity index is 0.000000296. The molecule has 0 aromatic heterocycles. The van der Waals surface area contributed by atoms with Crippen molar-refractivity contribution in [2.45, 2.75) is 149 Å². The van der Waals surface area contributed by atoms with Crippen molar-refractivity contribution in [2.24, 2.45) is 29.4 Å². The Morgan fingerprint density at radius 3 is 1.06 bits per heavy atom. The molecule has 4 aliphatic rings. The highest BCUT2D eigenvalue weighted by molar-refractivity contribution is 14.1. The number of rotatable bonds is 16. The van der Waals surface area contributed by atoms with E-state index < -0.39 is 35.1 Å². The van der Waals surface area contributed by atoms with Crippen LogP contribution in [0.2, 0.25) is 40.2 Å². The van der Waals surface area contributed by atoms with Crippen LogP contribution in [0.25, 0.3) is 0 Å². The second-order valence-electron chi connectivity index (χ2n) is 23.7. The number of alkyl carbamates (subject to hydrolysis) is 3. The van der Waals surface area contributed by atoms with Gasteiger partial charge in [-0.3, -0.25) is 0 Å².